The molecule has 1 unspecified atom stereocenters. The van der Waals surface area contributed by atoms with Gasteiger partial charge in [0.2, 0.25) is 0 Å². The first-order valence-electron chi connectivity index (χ1n) is 9.62. The Labute approximate surface area is 176 Å². The molecule has 5 nitrogen and oxygen atoms in total. The molecule has 1 aromatic carbocycles. The molecule has 1 heterocycles. The van der Waals surface area contributed by atoms with Crippen LogP contribution in [0, 0.1) is 0 Å². The average molecular weight is 474 g/mol. The monoisotopic (exact) mass is 474 g/mol. The van der Waals surface area contributed by atoms with E-state index in [4.69, 9.17) is 9.73 Å². The Morgan fingerprint density at radius 3 is 2.62 bits per heavy atom. The minimum Gasteiger partial charge on any atom is -0.496 e. The predicted molar refractivity (Wildman–Crippen MR) is 121 cm³/mol. The van der Waals surface area contributed by atoms with E-state index in [1.165, 1.54) is 37.9 Å². The molecule has 26 heavy (non-hydrogen) atoms. The summed E-state index contributed by atoms with van der Waals surface area (Å²) in [5, 5.41) is 6.81. The summed E-state index contributed by atoms with van der Waals surface area (Å²) >= 11 is 0. The van der Waals surface area contributed by atoms with Gasteiger partial charge in [-0.3, -0.25) is 4.99 Å². The first-order valence-corrected chi connectivity index (χ1v) is 9.62. The molecule has 0 spiro atoms. The smallest absolute Gasteiger partial charge is 0.191 e. The van der Waals surface area contributed by atoms with Crippen LogP contribution in [-0.2, 0) is 0 Å². The number of para-hydroxylation sites is 1. The molecule has 1 aliphatic rings. The van der Waals surface area contributed by atoms with Gasteiger partial charge in [0, 0.05) is 32.1 Å². The molecular weight excluding hydrogens is 439 g/mol. The van der Waals surface area contributed by atoms with Gasteiger partial charge >= 0.3 is 0 Å². The highest BCUT2D eigenvalue weighted by Crippen LogP contribution is 2.26. The van der Waals surface area contributed by atoms with E-state index in [9.17, 15) is 0 Å². The molecule has 148 valence electrons. The largest absolute Gasteiger partial charge is 0.496 e. The fourth-order valence-electron chi connectivity index (χ4n) is 3.26. The first kappa shape index (κ1) is 23.0. The molecule has 0 aliphatic carbocycles. The fourth-order valence-corrected chi connectivity index (χ4v) is 3.26. The molecule has 1 atom stereocenters. The van der Waals surface area contributed by atoms with Crippen LogP contribution in [-0.4, -0.2) is 57.2 Å². The maximum Gasteiger partial charge on any atom is 0.191 e. The molecule has 0 radical (unpaired) electrons. The Hall–Kier alpha value is -1.02. The number of piperidine rings is 1. The van der Waals surface area contributed by atoms with Crippen LogP contribution in [0.25, 0.3) is 0 Å². The van der Waals surface area contributed by atoms with Crippen molar-refractivity contribution < 1.29 is 4.74 Å². The van der Waals surface area contributed by atoms with Gasteiger partial charge in [0.15, 0.2) is 5.96 Å². The first-order chi connectivity index (χ1) is 12.2. The minimum absolute atomic E-state index is 0. The third kappa shape index (κ3) is 7.70. The molecule has 1 fully saturated rings. The Morgan fingerprint density at radius 1 is 1.19 bits per heavy atom. The van der Waals surface area contributed by atoms with Crippen molar-refractivity contribution in [2.45, 2.75) is 39.0 Å². The molecule has 0 amide bonds. The van der Waals surface area contributed by atoms with Gasteiger partial charge in [0.05, 0.1) is 7.11 Å². The van der Waals surface area contributed by atoms with E-state index in [0.717, 1.165) is 37.9 Å². The lowest BCUT2D eigenvalue weighted by molar-refractivity contribution is 0.232. The average Bonchev–Trinajstić information content (AvgIpc) is 2.66. The van der Waals surface area contributed by atoms with Crippen LogP contribution in [0.5, 0.6) is 5.75 Å². The molecule has 1 aromatic rings. The van der Waals surface area contributed by atoms with Gasteiger partial charge in [-0.1, -0.05) is 31.5 Å². The zero-order valence-corrected chi connectivity index (χ0v) is 18.8. The Kier molecular flexibility index (Phi) is 11.7. The van der Waals surface area contributed by atoms with E-state index in [0.29, 0.717) is 5.92 Å². The van der Waals surface area contributed by atoms with Gasteiger partial charge in [-0.05, 0) is 44.5 Å². The number of nitrogens with one attached hydrogen (secondary N) is 2. The van der Waals surface area contributed by atoms with E-state index >= 15 is 0 Å². The summed E-state index contributed by atoms with van der Waals surface area (Å²) in [6, 6.07) is 8.19. The standard InChI is InChI=1S/C20H34N4O.HI/c1-4-21-20(22-12-15-24-13-8-5-9-14-24)23-16-17(2)18-10-6-7-11-19(18)25-3;/h6-7,10-11,17H,4-5,8-9,12-16H2,1-3H3,(H2,21,22,23);1H. The SMILES string of the molecule is CCNC(=NCC(C)c1ccccc1OC)NCCN1CCCCC1.I. The van der Waals surface area contributed by atoms with E-state index in [1.807, 2.05) is 12.1 Å². The quantitative estimate of drug-likeness (QED) is 0.344. The van der Waals surface area contributed by atoms with Crippen molar-refractivity contribution in [3.05, 3.63) is 29.8 Å². The fraction of sp³-hybridized carbons (Fsp3) is 0.650. The molecular formula is C20H35IN4O. The zero-order chi connectivity index (χ0) is 17.9. The highest BCUT2D eigenvalue weighted by molar-refractivity contribution is 14.0. The summed E-state index contributed by atoms with van der Waals surface area (Å²) in [5.41, 5.74) is 1.21. The number of guanidine groups is 1. The summed E-state index contributed by atoms with van der Waals surface area (Å²) in [7, 11) is 1.72. The van der Waals surface area contributed by atoms with Crippen molar-refractivity contribution in [1.29, 1.82) is 0 Å². The summed E-state index contributed by atoms with van der Waals surface area (Å²) < 4.78 is 5.47. The topological polar surface area (TPSA) is 48.9 Å². The summed E-state index contributed by atoms with van der Waals surface area (Å²) in [6.07, 6.45) is 4.06. The van der Waals surface area contributed by atoms with Crippen LogP contribution in [0.3, 0.4) is 0 Å². The van der Waals surface area contributed by atoms with Gasteiger partial charge in [0.25, 0.3) is 0 Å². The lowest BCUT2D eigenvalue weighted by Crippen LogP contribution is -2.42. The normalized spacial score (nSPS) is 16.5. The maximum absolute atomic E-state index is 5.47. The lowest BCUT2D eigenvalue weighted by Gasteiger charge is -2.26. The second-order valence-electron chi connectivity index (χ2n) is 6.69. The molecule has 2 N–H and O–H groups in total. The predicted octanol–water partition coefficient (Wildman–Crippen LogP) is 3.46. The number of aliphatic imine (C=N–C) groups is 1. The van der Waals surface area contributed by atoms with Crippen LogP contribution >= 0.6 is 24.0 Å². The van der Waals surface area contributed by atoms with Crippen molar-refractivity contribution in [1.82, 2.24) is 15.5 Å². The maximum atomic E-state index is 5.47. The molecule has 2 rings (SSSR count). The third-order valence-electron chi connectivity index (χ3n) is 4.71. The van der Waals surface area contributed by atoms with Gasteiger partial charge in [-0.15, -0.1) is 24.0 Å². The lowest BCUT2D eigenvalue weighted by atomic mass is 10.0. The van der Waals surface area contributed by atoms with Gasteiger partial charge in [0.1, 0.15) is 5.75 Å². The Morgan fingerprint density at radius 2 is 1.92 bits per heavy atom. The number of hydrogen-bond acceptors (Lipinski definition) is 3. The second kappa shape index (κ2) is 13.2. The number of hydrogen-bond donors (Lipinski definition) is 2. The summed E-state index contributed by atoms with van der Waals surface area (Å²) in [6.45, 7) is 10.4. The van der Waals surface area contributed by atoms with Crippen molar-refractivity contribution in [3.63, 3.8) is 0 Å². The van der Waals surface area contributed by atoms with Crippen LogP contribution in [0.1, 0.15) is 44.6 Å². The van der Waals surface area contributed by atoms with E-state index in [2.05, 4.69) is 41.5 Å². The van der Waals surface area contributed by atoms with Crippen LogP contribution < -0.4 is 15.4 Å². The number of halogens is 1. The van der Waals surface area contributed by atoms with E-state index < -0.39 is 0 Å². The van der Waals surface area contributed by atoms with Crippen LogP contribution in [0.2, 0.25) is 0 Å². The minimum atomic E-state index is 0. The van der Waals surface area contributed by atoms with Gasteiger partial charge in [-0.2, -0.15) is 0 Å². The Bertz CT molecular complexity index is 532. The molecule has 0 bridgehead atoms. The number of likely N-dealkylation sites (tertiary alicyclic amines) is 1. The summed E-state index contributed by atoms with van der Waals surface area (Å²) in [5.74, 6) is 2.16. The van der Waals surface area contributed by atoms with Crippen molar-refractivity contribution in [2.24, 2.45) is 4.99 Å². The second-order valence-corrected chi connectivity index (χ2v) is 6.69. The highest BCUT2D eigenvalue weighted by Gasteiger charge is 2.12. The number of methoxy groups -OCH3 is 1. The third-order valence-corrected chi connectivity index (χ3v) is 4.71. The number of nitrogens with zero attached hydrogens (tertiary/aromatic N) is 2. The van der Waals surface area contributed by atoms with E-state index in [-0.39, 0.29) is 24.0 Å². The van der Waals surface area contributed by atoms with Crippen LogP contribution in [0.4, 0.5) is 0 Å². The molecule has 6 heteroatoms. The number of rotatable bonds is 8. The number of benzene rings is 1. The van der Waals surface area contributed by atoms with Crippen molar-refractivity contribution >= 4 is 29.9 Å². The molecule has 0 aromatic heterocycles. The zero-order valence-electron chi connectivity index (χ0n) is 16.5. The Balaban J connectivity index is 0.00000338. The van der Waals surface area contributed by atoms with Gasteiger partial charge in [-0.25, -0.2) is 0 Å². The van der Waals surface area contributed by atoms with Crippen molar-refractivity contribution in [3.8, 4) is 5.75 Å². The molecule has 0 saturated carbocycles. The van der Waals surface area contributed by atoms with E-state index in [1.54, 1.807) is 7.11 Å². The van der Waals surface area contributed by atoms with Crippen LogP contribution in [0.15, 0.2) is 29.3 Å². The highest BCUT2D eigenvalue weighted by atomic mass is 127. The molecule has 1 aliphatic heterocycles. The van der Waals surface area contributed by atoms with Crippen molar-refractivity contribution in [2.75, 3.05) is 46.4 Å². The molecule has 1 saturated heterocycles. The van der Waals surface area contributed by atoms with Gasteiger partial charge < -0.3 is 20.3 Å². The summed E-state index contributed by atoms with van der Waals surface area (Å²) in [4.78, 5) is 7.31. The number of ether oxygens (including phenoxy) is 1.